The third-order valence-electron chi connectivity index (χ3n) is 4.15. The van der Waals surface area contributed by atoms with Crippen LogP contribution >= 0.6 is 24.0 Å². The third-order valence-corrected chi connectivity index (χ3v) is 4.15. The van der Waals surface area contributed by atoms with Crippen LogP contribution in [-0.4, -0.2) is 43.6 Å². The van der Waals surface area contributed by atoms with Gasteiger partial charge in [0, 0.05) is 30.9 Å². The molecule has 0 bridgehead atoms. The molecular weight excluding hydrogens is 415 g/mol. The van der Waals surface area contributed by atoms with Gasteiger partial charge in [-0.2, -0.15) is 0 Å². The molecule has 1 aromatic carbocycles. The molecule has 0 radical (unpaired) electrons. The highest BCUT2D eigenvalue weighted by atomic mass is 127. The lowest BCUT2D eigenvalue weighted by molar-refractivity contribution is 0.185. The van der Waals surface area contributed by atoms with E-state index in [4.69, 9.17) is 10.5 Å². The lowest BCUT2D eigenvalue weighted by Crippen LogP contribution is -2.35. The van der Waals surface area contributed by atoms with Gasteiger partial charge in [-0.1, -0.05) is 32.0 Å². The Morgan fingerprint density at radius 2 is 2.17 bits per heavy atom. The van der Waals surface area contributed by atoms with Crippen LogP contribution < -0.4 is 11.1 Å². The molecule has 0 unspecified atom stereocenters. The van der Waals surface area contributed by atoms with Gasteiger partial charge < -0.3 is 15.8 Å². The molecular formula is C18H31IN4O. The van der Waals surface area contributed by atoms with E-state index in [1.807, 2.05) is 24.3 Å². The highest BCUT2D eigenvalue weighted by Gasteiger charge is 2.24. The number of anilines is 1. The van der Waals surface area contributed by atoms with Gasteiger partial charge in [0.25, 0.3) is 0 Å². The Morgan fingerprint density at radius 1 is 1.42 bits per heavy atom. The molecule has 24 heavy (non-hydrogen) atoms. The van der Waals surface area contributed by atoms with Gasteiger partial charge in [-0.25, -0.2) is 0 Å². The smallest absolute Gasteiger partial charge is 0.193 e. The standard InChI is InChI=1S/C18H30N4O.HI/c1-14(2)12-22-10-6-8-16(22)11-20-18(19)21-17-9-5-4-7-15(17)13-23-3;/h4-5,7,9,14,16H,6,8,10-13H2,1-3H3,(H3,19,20,21);1H/t16-;/m0./s1. The fraction of sp³-hybridized carbons (Fsp3) is 0.611. The molecule has 1 aliphatic heterocycles. The Morgan fingerprint density at radius 3 is 2.88 bits per heavy atom. The number of halogens is 1. The second kappa shape index (κ2) is 10.9. The molecule has 1 heterocycles. The van der Waals surface area contributed by atoms with Crippen LogP contribution in [0.25, 0.3) is 0 Å². The van der Waals surface area contributed by atoms with Crippen molar-refractivity contribution < 1.29 is 4.74 Å². The molecule has 6 heteroatoms. The number of nitrogens with one attached hydrogen (secondary N) is 1. The van der Waals surface area contributed by atoms with Crippen molar-refractivity contribution in [3.63, 3.8) is 0 Å². The van der Waals surface area contributed by atoms with Crippen molar-refractivity contribution in [1.29, 1.82) is 0 Å². The summed E-state index contributed by atoms with van der Waals surface area (Å²) in [5, 5.41) is 3.20. The predicted molar refractivity (Wildman–Crippen MR) is 112 cm³/mol. The minimum absolute atomic E-state index is 0. The number of likely N-dealkylation sites (tertiary alicyclic amines) is 1. The van der Waals surface area contributed by atoms with Gasteiger partial charge in [0.05, 0.1) is 13.2 Å². The van der Waals surface area contributed by atoms with Crippen molar-refractivity contribution >= 4 is 35.6 Å². The Hall–Kier alpha value is -0.860. The summed E-state index contributed by atoms with van der Waals surface area (Å²) in [5.41, 5.74) is 8.11. The third kappa shape index (κ3) is 6.57. The zero-order valence-corrected chi connectivity index (χ0v) is 17.3. The first-order valence-corrected chi connectivity index (χ1v) is 8.48. The first-order valence-electron chi connectivity index (χ1n) is 8.48. The molecule has 3 N–H and O–H groups in total. The highest BCUT2D eigenvalue weighted by molar-refractivity contribution is 14.0. The SMILES string of the molecule is COCc1ccccc1NC(N)=NC[C@@H]1CCCN1CC(C)C.I. The van der Waals surface area contributed by atoms with Gasteiger partial charge in [0.2, 0.25) is 0 Å². The number of nitrogens with zero attached hydrogens (tertiary/aromatic N) is 2. The monoisotopic (exact) mass is 446 g/mol. The van der Waals surface area contributed by atoms with E-state index in [2.05, 4.69) is 29.1 Å². The fourth-order valence-corrected chi connectivity index (χ4v) is 3.12. The fourth-order valence-electron chi connectivity index (χ4n) is 3.12. The maximum atomic E-state index is 6.08. The number of nitrogens with two attached hydrogens (primary N) is 1. The summed E-state index contributed by atoms with van der Waals surface area (Å²) < 4.78 is 5.22. The Balaban J connectivity index is 0.00000288. The lowest BCUT2D eigenvalue weighted by atomic mass is 10.1. The minimum atomic E-state index is 0. The van der Waals surface area contributed by atoms with Crippen LogP contribution in [0.15, 0.2) is 29.3 Å². The van der Waals surface area contributed by atoms with Gasteiger partial charge in [-0.05, 0) is 31.4 Å². The number of benzene rings is 1. The van der Waals surface area contributed by atoms with Gasteiger partial charge in [-0.15, -0.1) is 24.0 Å². The first-order chi connectivity index (χ1) is 11.1. The molecule has 1 saturated heterocycles. The predicted octanol–water partition coefficient (Wildman–Crippen LogP) is 3.30. The average molecular weight is 446 g/mol. The zero-order valence-electron chi connectivity index (χ0n) is 15.0. The molecule has 1 aliphatic rings. The molecule has 5 nitrogen and oxygen atoms in total. The van der Waals surface area contributed by atoms with Crippen LogP contribution in [-0.2, 0) is 11.3 Å². The van der Waals surface area contributed by atoms with E-state index < -0.39 is 0 Å². The number of guanidine groups is 1. The molecule has 0 aliphatic carbocycles. The molecule has 136 valence electrons. The topological polar surface area (TPSA) is 62.9 Å². The lowest BCUT2D eigenvalue weighted by Gasteiger charge is -2.25. The van der Waals surface area contributed by atoms with Crippen LogP contribution in [0.5, 0.6) is 0 Å². The number of rotatable bonds is 7. The maximum absolute atomic E-state index is 6.08. The van der Waals surface area contributed by atoms with Gasteiger partial charge in [0.1, 0.15) is 0 Å². The second-order valence-electron chi connectivity index (χ2n) is 6.63. The van der Waals surface area contributed by atoms with Crippen molar-refractivity contribution in [2.24, 2.45) is 16.6 Å². The van der Waals surface area contributed by atoms with Gasteiger partial charge >= 0.3 is 0 Å². The molecule has 1 aromatic rings. The van der Waals surface area contributed by atoms with E-state index in [0.29, 0.717) is 24.5 Å². The first kappa shape index (κ1) is 21.2. The maximum Gasteiger partial charge on any atom is 0.193 e. The molecule has 1 atom stereocenters. The van der Waals surface area contributed by atoms with Crippen LogP contribution in [0.4, 0.5) is 5.69 Å². The number of para-hydroxylation sites is 1. The summed E-state index contributed by atoms with van der Waals surface area (Å²) in [5.74, 6) is 1.17. The Kier molecular flexibility index (Phi) is 9.61. The van der Waals surface area contributed by atoms with E-state index >= 15 is 0 Å². The number of methoxy groups -OCH3 is 1. The van der Waals surface area contributed by atoms with Crippen molar-refractivity contribution in [3.8, 4) is 0 Å². The van der Waals surface area contributed by atoms with Crippen molar-refractivity contribution in [2.75, 3.05) is 32.1 Å². The molecule has 0 aromatic heterocycles. The molecule has 0 spiro atoms. The normalized spacial score (nSPS) is 18.7. The van der Waals surface area contributed by atoms with E-state index in [1.54, 1.807) is 7.11 Å². The molecule has 1 fully saturated rings. The van der Waals surface area contributed by atoms with Gasteiger partial charge in [-0.3, -0.25) is 9.89 Å². The summed E-state index contributed by atoms with van der Waals surface area (Å²) in [6.07, 6.45) is 2.47. The number of ether oxygens (including phenoxy) is 1. The van der Waals surface area contributed by atoms with Crippen LogP contribution in [0.3, 0.4) is 0 Å². The largest absolute Gasteiger partial charge is 0.380 e. The average Bonchev–Trinajstić information content (AvgIpc) is 2.94. The summed E-state index contributed by atoms with van der Waals surface area (Å²) in [4.78, 5) is 7.10. The van der Waals surface area contributed by atoms with Crippen molar-refractivity contribution in [2.45, 2.75) is 39.3 Å². The summed E-state index contributed by atoms with van der Waals surface area (Å²) in [6, 6.07) is 8.52. The van der Waals surface area contributed by atoms with Gasteiger partial charge in [0.15, 0.2) is 5.96 Å². The summed E-state index contributed by atoms with van der Waals surface area (Å²) >= 11 is 0. The van der Waals surface area contributed by atoms with E-state index in [0.717, 1.165) is 24.3 Å². The van der Waals surface area contributed by atoms with Crippen LogP contribution in [0.1, 0.15) is 32.3 Å². The highest BCUT2D eigenvalue weighted by Crippen LogP contribution is 2.19. The number of hydrogen-bond acceptors (Lipinski definition) is 3. The van der Waals surface area contributed by atoms with Crippen molar-refractivity contribution in [3.05, 3.63) is 29.8 Å². The molecule has 0 amide bonds. The molecule has 0 saturated carbocycles. The minimum Gasteiger partial charge on any atom is -0.380 e. The number of hydrogen-bond donors (Lipinski definition) is 2. The zero-order chi connectivity index (χ0) is 16.7. The quantitative estimate of drug-likeness (QED) is 0.383. The van der Waals surface area contributed by atoms with Crippen molar-refractivity contribution in [1.82, 2.24) is 4.90 Å². The number of aliphatic imine (C=N–C) groups is 1. The van der Waals surface area contributed by atoms with E-state index in [1.165, 1.54) is 19.4 Å². The van der Waals surface area contributed by atoms with E-state index in [-0.39, 0.29) is 24.0 Å². The summed E-state index contributed by atoms with van der Waals surface area (Å²) in [7, 11) is 1.69. The van der Waals surface area contributed by atoms with Crippen LogP contribution in [0, 0.1) is 5.92 Å². The van der Waals surface area contributed by atoms with E-state index in [9.17, 15) is 0 Å². The van der Waals surface area contributed by atoms with Crippen LogP contribution in [0.2, 0.25) is 0 Å². The second-order valence-corrected chi connectivity index (χ2v) is 6.63. The summed E-state index contributed by atoms with van der Waals surface area (Å²) in [6.45, 7) is 8.18. The Bertz CT molecular complexity index is 521. The molecule has 2 rings (SSSR count). The Labute approximate surface area is 163 Å².